The number of allylic oxidation sites excluding steroid dienone is 1. The molecule has 1 saturated heterocycles. The van der Waals surface area contributed by atoms with E-state index in [-0.39, 0.29) is 44.5 Å². The summed E-state index contributed by atoms with van der Waals surface area (Å²) in [7, 11) is -4.41. The number of carbonyl (C=O) groups excluding carboxylic acids is 1. The van der Waals surface area contributed by atoms with Gasteiger partial charge in [0.2, 0.25) is 5.88 Å². The maximum Gasteiger partial charge on any atom is 0.268 e. The number of anilines is 1. The molecule has 3 aliphatic rings. The average Bonchev–Trinajstić information content (AvgIpc) is 3.75. The highest BCUT2D eigenvalue weighted by Crippen LogP contribution is 2.44. The van der Waals surface area contributed by atoms with Gasteiger partial charge in [-0.15, -0.1) is 0 Å². The molecular formula is C47H54Cl2N6O6S. The number of aromatic nitrogens is 3. The molecule has 1 atom stereocenters. The quantitative estimate of drug-likeness (QED) is 0.104. The van der Waals surface area contributed by atoms with Crippen molar-refractivity contribution in [1.29, 1.82) is 0 Å². The second-order valence-corrected chi connectivity index (χ2v) is 20.3. The Bertz CT molecular complexity index is 2550. The zero-order valence-corrected chi connectivity index (χ0v) is 37.7. The van der Waals surface area contributed by atoms with E-state index < -0.39 is 15.9 Å². The zero-order chi connectivity index (χ0) is 43.6. The van der Waals surface area contributed by atoms with Crippen molar-refractivity contribution < 1.29 is 27.8 Å². The first-order valence-electron chi connectivity index (χ1n) is 21.4. The molecule has 1 amide bonds. The van der Waals surface area contributed by atoms with Crippen molar-refractivity contribution in [2.24, 2.45) is 17.3 Å². The molecule has 12 nitrogen and oxygen atoms in total. The van der Waals surface area contributed by atoms with E-state index in [0.29, 0.717) is 23.7 Å². The highest BCUT2D eigenvalue weighted by atomic mass is 35.5. The molecule has 15 heteroatoms. The lowest BCUT2D eigenvalue weighted by Crippen LogP contribution is -2.47. The molecule has 62 heavy (non-hydrogen) atoms. The number of amides is 1. The number of fused-ring (bicyclic) bond motifs is 1. The Hall–Kier alpha value is -4.66. The van der Waals surface area contributed by atoms with Crippen molar-refractivity contribution in [2.45, 2.75) is 76.7 Å². The second kappa shape index (κ2) is 18.6. The number of halogens is 2. The van der Waals surface area contributed by atoms with Gasteiger partial charge in [-0.1, -0.05) is 60.8 Å². The Kier molecular flexibility index (Phi) is 13.2. The molecule has 0 bridgehead atoms. The van der Waals surface area contributed by atoms with Crippen molar-refractivity contribution >= 4 is 61.3 Å². The lowest BCUT2D eigenvalue weighted by atomic mass is 9.72. The minimum atomic E-state index is -4.41. The van der Waals surface area contributed by atoms with E-state index in [1.54, 1.807) is 24.4 Å². The van der Waals surface area contributed by atoms with Gasteiger partial charge in [0.1, 0.15) is 21.4 Å². The van der Waals surface area contributed by atoms with Crippen molar-refractivity contribution in [3.05, 3.63) is 106 Å². The van der Waals surface area contributed by atoms with Crippen LogP contribution in [0.4, 0.5) is 5.69 Å². The smallest absolute Gasteiger partial charge is 0.268 e. The molecule has 5 aromatic rings. The number of nitrogens with zero attached hydrogens (tertiary/aromatic N) is 4. The third-order valence-corrected chi connectivity index (χ3v) is 14.6. The number of sulfonamides is 1. The number of H-pyrrole nitrogens is 1. The fourth-order valence-corrected chi connectivity index (χ4v) is 10.3. The first-order valence-corrected chi connectivity index (χ1v) is 23.7. The lowest BCUT2D eigenvalue weighted by molar-refractivity contribution is 0.0779. The second-order valence-electron chi connectivity index (χ2n) is 17.8. The Morgan fingerprint density at radius 3 is 2.47 bits per heavy atom. The third-order valence-electron chi connectivity index (χ3n) is 12.8. The van der Waals surface area contributed by atoms with Gasteiger partial charge in [-0.3, -0.25) is 14.8 Å². The van der Waals surface area contributed by atoms with E-state index in [4.69, 9.17) is 32.7 Å². The van der Waals surface area contributed by atoms with E-state index in [0.717, 1.165) is 100 Å². The summed E-state index contributed by atoms with van der Waals surface area (Å²) in [5.41, 5.74) is 6.02. The van der Waals surface area contributed by atoms with Gasteiger partial charge in [0.25, 0.3) is 15.9 Å². The Balaban J connectivity index is 0.972. The van der Waals surface area contributed by atoms with E-state index >= 15 is 0 Å². The van der Waals surface area contributed by atoms with Crippen molar-refractivity contribution in [3.63, 3.8) is 0 Å². The van der Waals surface area contributed by atoms with Crippen LogP contribution in [0.2, 0.25) is 10.0 Å². The number of hydrogen-bond donors (Lipinski definition) is 3. The van der Waals surface area contributed by atoms with Gasteiger partial charge in [0.05, 0.1) is 41.6 Å². The first kappa shape index (κ1) is 44.0. The number of aliphatic hydroxyl groups is 1. The molecule has 328 valence electrons. The Morgan fingerprint density at radius 2 is 1.74 bits per heavy atom. The number of nitrogens with one attached hydrogen (secondary N) is 2. The van der Waals surface area contributed by atoms with Crippen molar-refractivity contribution in [1.82, 2.24) is 24.8 Å². The van der Waals surface area contributed by atoms with Gasteiger partial charge < -0.3 is 19.5 Å². The van der Waals surface area contributed by atoms with Gasteiger partial charge in [-0.25, -0.2) is 18.1 Å². The van der Waals surface area contributed by atoms with E-state index in [2.05, 4.69) is 55.7 Å². The molecular weight excluding hydrogens is 848 g/mol. The Morgan fingerprint density at radius 1 is 0.984 bits per heavy atom. The van der Waals surface area contributed by atoms with E-state index in [9.17, 15) is 18.3 Å². The normalized spacial score (nSPS) is 20.3. The zero-order valence-electron chi connectivity index (χ0n) is 35.4. The van der Waals surface area contributed by atoms with Crippen LogP contribution in [0, 0.1) is 17.3 Å². The summed E-state index contributed by atoms with van der Waals surface area (Å²) in [6.07, 6.45) is 9.34. The number of rotatable bonds is 13. The fourth-order valence-electron chi connectivity index (χ4n) is 8.96. The SMILES string of the molecule is CC(O)C1CCC(COc2ncc(S(=O)(=O)NC(=O)c3ccc(N4CCN(CC5=C(c6ccc(Cl)cc6)CC(C)(C)CC5)CC4)cc3Oc3cccc4[nH]ncc34)cc2Cl)CC1. The molecule has 0 radical (unpaired) electrons. The lowest BCUT2D eigenvalue weighted by Gasteiger charge is -2.39. The number of piperazine rings is 1. The maximum atomic E-state index is 13.9. The minimum Gasteiger partial charge on any atom is -0.476 e. The molecule has 3 aromatic carbocycles. The predicted octanol–water partition coefficient (Wildman–Crippen LogP) is 9.53. The number of aromatic amines is 1. The molecule has 8 rings (SSSR count). The van der Waals surface area contributed by atoms with Crippen LogP contribution >= 0.6 is 23.2 Å². The topological polar surface area (TPSA) is 150 Å². The molecule has 3 heterocycles. The number of hydrogen-bond acceptors (Lipinski definition) is 10. The number of ether oxygens (including phenoxy) is 2. The van der Waals surface area contributed by atoms with Gasteiger partial charge in [0, 0.05) is 49.5 Å². The van der Waals surface area contributed by atoms with Gasteiger partial charge >= 0.3 is 0 Å². The summed E-state index contributed by atoms with van der Waals surface area (Å²) in [6.45, 7) is 11.0. The largest absolute Gasteiger partial charge is 0.476 e. The molecule has 1 aliphatic heterocycles. The Labute approximate surface area is 373 Å². The fraction of sp³-hybridized carbons (Fsp3) is 0.426. The van der Waals surface area contributed by atoms with E-state index in [1.165, 1.54) is 22.8 Å². The number of carbonyl (C=O) groups is 1. The standard InChI is InChI=1S/C47H54Cl2N6O6S/c1-30(56)32-9-7-31(8-10-32)29-60-46-41(49)24-37(26-50-46)62(58,59)53-45(57)38-16-15-36(23-44(38)61-43-6-4-5-42-40(43)27-51-52-42)55-21-19-54(20-22-55)28-34-17-18-47(2,3)25-39(34)33-11-13-35(48)14-12-33/h4-6,11-16,23-24,26-27,30-32,56H,7-10,17-22,25,28-29H2,1-3H3,(H,51,52)(H,53,57). The molecule has 2 aromatic heterocycles. The summed E-state index contributed by atoms with van der Waals surface area (Å²) < 4.78 is 41.8. The van der Waals surface area contributed by atoms with Crippen LogP contribution in [-0.2, 0) is 10.0 Å². The summed E-state index contributed by atoms with van der Waals surface area (Å²) >= 11 is 12.7. The molecule has 2 aliphatic carbocycles. The van der Waals surface area contributed by atoms with Crippen molar-refractivity contribution in [2.75, 3.05) is 44.2 Å². The summed E-state index contributed by atoms with van der Waals surface area (Å²) in [6, 6.07) is 20.1. The van der Waals surface area contributed by atoms with Gasteiger partial charge in [-0.2, -0.15) is 5.10 Å². The molecule has 3 N–H and O–H groups in total. The molecule has 1 unspecified atom stereocenters. The van der Waals surface area contributed by atoms with Crippen LogP contribution in [0.1, 0.15) is 81.6 Å². The van der Waals surface area contributed by atoms with Crippen LogP contribution in [-0.4, -0.2) is 84.9 Å². The van der Waals surface area contributed by atoms with Crippen LogP contribution in [0.25, 0.3) is 16.5 Å². The number of aliphatic hydroxyl groups excluding tert-OH is 1. The van der Waals surface area contributed by atoms with E-state index in [1.807, 2.05) is 37.3 Å². The van der Waals surface area contributed by atoms with Crippen LogP contribution < -0.4 is 19.1 Å². The average molecular weight is 902 g/mol. The van der Waals surface area contributed by atoms with Crippen LogP contribution in [0.15, 0.2) is 89.6 Å². The summed E-state index contributed by atoms with van der Waals surface area (Å²) in [5.74, 6) is 0.465. The molecule has 1 saturated carbocycles. The first-order chi connectivity index (χ1) is 29.7. The highest BCUT2D eigenvalue weighted by molar-refractivity contribution is 7.90. The predicted molar refractivity (Wildman–Crippen MR) is 244 cm³/mol. The van der Waals surface area contributed by atoms with Crippen molar-refractivity contribution in [3.8, 4) is 17.4 Å². The summed E-state index contributed by atoms with van der Waals surface area (Å²) in [4.78, 5) is 22.6. The van der Waals surface area contributed by atoms with Gasteiger partial charge in [0.15, 0.2) is 0 Å². The monoisotopic (exact) mass is 900 g/mol. The van der Waals surface area contributed by atoms with Crippen LogP contribution in [0.5, 0.6) is 17.4 Å². The minimum absolute atomic E-state index is 0.0149. The number of benzene rings is 3. The third kappa shape index (κ3) is 10.2. The van der Waals surface area contributed by atoms with Crippen LogP contribution in [0.3, 0.4) is 0 Å². The summed E-state index contributed by atoms with van der Waals surface area (Å²) in [5, 5.41) is 18.5. The maximum absolute atomic E-state index is 13.9. The molecule has 2 fully saturated rings. The number of pyridine rings is 1. The van der Waals surface area contributed by atoms with Gasteiger partial charge in [-0.05, 0) is 123 Å². The highest BCUT2D eigenvalue weighted by Gasteiger charge is 2.31. The molecule has 0 spiro atoms.